The zero-order chi connectivity index (χ0) is 17.6. The van der Waals surface area contributed by atoms with Crippen LogP contribution in [0.5, 0.6) is 0 Å². The SMILES string of the molecule is CCOC(=O)C1CCN(C(=O)c2csc(Nc3ccccn3)n2)CC1. The van der Waals surface area contributed by atoms with E-state index in [0.29, 0.717) is 49.2 Å². The number of nitrogens with zero attached hydrogens (tertiary/aromatic N) is 3. The van der Waals surface area contributed by atoms with Crippen LogP contribution in [0.2, 0.25) is 0 Å². The van der Waals surface area contributed by atoms with E-state index >= 15 is 0 Å². The van der Waals surface area contributed by atoms with Crippen molar-refractivity contribution in [3.63, 3.8) is 0 Å². The lowest BCUT2D eigenvalue weighted by molar-refractivity contribution is -0.149. The predicted molar refractivity (Wildman–Crippen MR) is 94.9 cm³/mol. The van der Waals surface area contributed by atoms with Gasteiger partial charge in [0.25, 0.3) is 5.91 Å². The second-order valence-corrected chi connectivity index (χ2v) is 6.55. The number of hydrogen-bond donors (Lipinski definition) is 1. The molecule has 0 spiro atoms. The van der Waals surface area contributed by atoms with Crippen LogP contribution in [0.15, 0.2) is 29.8 Å². The minimum absolute atomic E-state index is 0.104. The van der Waals surface area contributed by atoms with E-state index in [1.54, 1.807) is 23.4 Å². The molecule has 0 saturated carbocycles. The highest BCUT2D eigenvalue weighted by Gasteiger charge is 2.29. The number of hydrogen-bond acceptors (Lipinski definition) is 7. The van der Waals surface area contributed by atoms with E-state index in [-0.39, 0.29) is 17.8 Å². The normalized spacial score (nSPS) is 15.0. The molecule has 0 aliphatic carbocycles. The van der Waals surface area contributed by atoms with Gasteiger partial charge in [0.15, 0.2) is 5.13 Å². The number of likely N-dealkylation sites (tertiary alicyclic amines) is 1. The maximum atomic E-state index is 12.6. The fourth-order valence-electron chi connectivity index (χ4n) is 2.72. The molecule has 0 unspecified atom stereocenters. The summed E-state index contributed by atoms with van der Waals surface area (Å²) < 4.78 is 5.05. The molecule has 2 aromatic rings. The largest absolute Gasteiger partial charge is 0.466 e. The number of anilines is 2. The van der Waals surface area contributed by atoms with Gasteiger partial charge in [-0.25, -0.2) is 9.97 Å². The first-order chi connectivity index (χ1) is 12.2. The van der Waals surface area contributed by atoms with Crippen LogP contribution in [-0.4, -0.2) is 46.4 Å². The lowest BCUT2D eigenvalue weighted by atomic mass is 9.97. The molecule has 1 N–H and O–H groups in total. The summed E-state index contributed by atoms with van der Waals surface area (Å²) in [7, 11) is 0. The summed E-state index contributed by atoms with van der Waals surface area (Å²) in [6.07, 6.45) is 2.96. The summed E-state index contributed by atoms with van der Waals surface area (Å²) in [5, 5.41) is 5.45. The number of ether oxygens (including phenoxy) is 1. The third kappa shape index (κ3) is 4.33. The number of rotatable bonds is 5. The van der Waals surface area contributed by atoms with Gasteiger partial charge >= 0.3 is 5.97 Å². The number of carbonyl (C=O) groups excluding carboxylic acids is 2. The monoisotopic (exact) mass is 360 g/mol. The third-order valence-corrected chi connectivity index (χ3v) is 4.78. The summed E-state index contributed by atoms with van der Waals surface area (Å²) in [5.74, 6) is 0.310. The fourth-order valence-corrected chi connectivity index (χ4v) is 3.41. The van der Waals surface area contributed by atoms with Gasteiger partial charge in [-0.1, -0.05) is 6.07 Å². The van der Waals surface area contributed by atoms with Crippen LogP contribution in [0.4, 0.5) is 10.9 Å². The Morgan fingerprint density at radius 3 is 2.84 bits per heavy atom. The van der Waals surface area contributed by atoms with Crippen molar-refractivity contribution in [2.75, 3.05) is 25.0 Å². The Morgan fingerprint density at radius 2 is 2.16 bits per heavy atom. The molecule has 7 nitrogen and oxygen atoms in total. The van der Waals surface area contributed by atoms with Crippen molar-refractivity contribution in [1.29, 1.82) is 0 Å². The van der Waals surface area contributed by atoms with Gasteiger partial charge in [0.2, 0.25) is 0 Å². The van der Waals surface area contributed by atoms with E-state index in [4.69, 9.17) is 4.74 Å². The average molecular weight is 360 g/mol. The number of aromatic nitrogens is 2. The van der Waals surface area contributed by atoms with Crippen molar-refractivity contribution < 1.29 is 14.3 Å². The van der Waals surface area contributed by atoms with E-state index in [1.807, 2.05) is 18.2 Å². The molecule has 0 atom stereocenters. The van der Waals surface area contributed by atoms with Crippen LogP contribution in [0.1, 0.15) is 30.3 Å². The van der Waals surface area contributed by atoms with Crippen molar-refractivity contribution in [3.05, 3.63) is 35.5 Å². The summed E-state index contributed by atoms with van der Waals surface area (Å²) >= 11 is 1.36. The van der Waals surface area contributed by atoms with E-state index in [9.17, 15) is 9.59 Å². The standard InChI is InChI=1S/C17H20N4O3S/c1-2-24-16(23)12-6-9-21(10-7-12)15(22)13-11-25-17(19-13)20-14-5-3-4-8-18-14/h3-5,8,11-12H,2,6-7,9-10H2,1H3,(H,18,19,20). The molecular formula is C17H20N4O3S. The first-order valence-electron chi connectivity index (χ1n) is 8.27. The minimum Gasteiger partial charge on any atom is -0.466 e. The van der Waals surface area contributed by atoms with Crippen molar-refractivity contribution in [3.8, 4) is 0 Å². The van der Waals surface area contributed by atoms with Crippen LogP contribution >= 0.6 is 11.3 Å². The number of nitrogens with one attached hydrogen (secondary N) is 1. The second kappa shape index (κ2) is 8.06. The van der Waals surface area contributed by atoms with E-state index in [1.165, 1.54) is 11.3 Å². The molecular weight excluding hydrogens is 340 g/mol. The van der Waals surface area contributed by atoms with E-state index in [0.717, 1.165) is 0 Å². The number of piperidine rings is 1. The number of pyridine rings is 1. The van der Waals surface area contributed by atoms with Gasteiger partial charge in [-0.05, 0) is 31.9 Å². The van der Waals surface area contributed by atoms with E-state index < -0.39 is 0 Å². The van der Waals surface area contributed by atoms with Crippen molar-refractivity contribution >= 4 is 34.2 Å². The molecule has 1 fully saturated rings. The Bertz CT molecular complexity index is 727. The zero-order valence-electron chi connectivity index (χ0n) is 14.0. The van der Waals surface area contributed by atoms with E-state index in [2.05, 4.69) is 15.3 Å². The molecule has 1 saturated heterocycles. The molecule has 0 aromatic carbocycles. The number of amides is 1. The maximum absolute atomic E-state index is 12.6. The lowest BCUT2D eigenvalue weighted by Gasteiger charge is -2.30. The summed E-state index contributed by atoms with van der Waals surface area (Å²) in [5.41, 5.74) is 0.415. The van der Waals surface area contributed by atoms with Gasteiger partial charge in [0.05, 0.1) is 12.5 Å². The highest BCUT2D eigenvalue weighted by Crippen LogP contribution is 2.23. The minimum atomic E-state index is -0.162. The topological polar surface area (TPSA) is 84.4 Å². The number of carbonyl (C=O) groups is 2. The molecule has 2 aromatic heterocycles. The molecule has 3 rings (SSSR count). The quantitative estimate of drug-likeness (QED) is 0.825. The molecule has 8 heteroatoms. The summed E-state index contributed by atoms with van der Waals surface area (Å²) in [4.78, 5) is 34.6. The van der Waals surface area contributed by atoms with Crippen LogP contribution in [0.25, 0.3) is 0 Å². The Labute approximate surface area is 150 Å². The fraction of sp³-hybridized carbons (Fsp3) is 0.412. The number of esters is 1. The molecule has 1 amide bonds. The van der Waals surface area contributed by atoms with Gasteiger partial charge in [0, 0.05) is 24.7 Å². The first-order valence-corrected chi connectivity index (χ1v) is 9.15. The predicted octanol–water partition coefficient (Wildman–Crippen LogP) is 2.70. The maximum Gasteiger partial charge on any atom is 0.309 e. The van der Waals surface area contributed by atoms with Gasteiger partial charge < -0.3 is 15.0 Å². The number of thiazole rings is 1. The second-order valence-electron chi connectivity index (χ2n) is 5.70. The smallest absolute Gasteiger partial charge is 0.309 e. The van der Waals surface area contributed by atoms with Crippen molar-refractivity contribution in [1.82, 2.24) is 14.9 Å². The first kappa shape index (κ1) is 17.3. The summed E-state index contributed by atoms with van der Waals surface area (Å²) in [6, 6.07) is 5.55. The highest BCUT2D eigenvalue weighted by atomic mass is 32.1. The molecule has 3 heterocycles. The average Bonchev–Trinajstić information content (AvgIpc) is 3.11. The van der Waals surface area contributed by atoms with Crippen molar-refractivity contribution in [2.45, 2.75) is 19.8 Å². The van der Waals surface area contributed by atoms with Crippen LogP contribution in [-0.2, 0) is 9.53 Å². The molecule has 1 aliphatic heterocycles. The molecule has 1 aliphatic rings. The Hall–Kier alpha value is -2.48. The highest BCUT2D eigenvalue weighted by molar-refractivity contribution is 7.14. The van der Waals surface area contributed by atoms with Gasteiger partial charge in [-0.15, -0.1) is 11.3 Å². The van der Waals surface area contributed by atoms with Crippen LogP contribution in [0.3, 0.4) is 0 Å². The summed E-state index contributed by atoms with van der Waals surface area (Å²) in [6.45, 7) is 3.28. The van der Waals surface area contributed by atoms with Gasteiger partial charge in [-0.2, -0.15) is 0 Å². The molecule has 0 bridgehead atoms. The Balaban J connectivity index is 1.56. The van der Waals surface area contributed by atoms with Gasteiger partial charge in [-0.3, -0.25) is 9.59 Å². The molecule has 0 radical (unpaired) electrons. The van der Waals surface area contributed by atoms with Crippen LogP contribution in [0, 0.1) is 5.92 Å². The lowest BCUT2D eigenvalue weighted by Crippen LogP contribution is -2.40. The Kier molecular flexibility index (Phi) is 5.60. The van der Waals surface area contributed by atoms with Gasteiger partial charge in [0.1, 0.15) is 11.5 Å². The Morgan fingerprint density at radius 1 is 1.36 bits per heavy atom. The third-order valence-electron chi connectivity index (χ3n) is 4.03. The van der Waals surface area contributed by atoms with Crippen molar-refractivity contribution in [2.24, 2.45) is 5.92 Å². The zero-order valence-corrected chi connectivity index (χ0v) is 14.8. The molecule has 132 valence electrons. The molecule has 25 heavy (non-hydrogen) atoms. The van der Waals surface area contributed by atoms with Crippen LogP contribution < -0.4 is 5.32 Å².